The number of piperazine rings is 2. The van der Waals surface area contributed by atoms with Gasteiger partial charge in [0.2, 0.25) is 11.8 Å². The molecular weight excluding hydrogens is 772 g/mol. The lowest BCUT2D eigenvalue weighted by Crippen LogP contribution is -2.59. The number of hydrogen-bond acceptors (Lipinski definition) is 9. The first-order valence-corrected chi connectivity index (χ1v) is 20.7. The fraction of sp³-hybridized carbons (Fsp3) is 0.442. The van der Waals surface area contributed by atoms with Crippen molar-refractivity contribution < 1.29 is 23.9 Å². The van der Waals surface area contributed by atoms with E-state index in [0.717, 1.165) is 49.1 Å². The number of benzene rings is 2. The molecule has 3 fully saturated rings. The molecule has 6 amide bonds. The zero-order valence-electron chi connectivity index (χ0n) is 34.0. The Labute approximate surface area is 349 Å². The smallest absolute Gasteiger partial charge is 0.328 e. The van der Waals surface area contributed by atoms with E-state index in [9.17, 15) is 24.4 Å². The number of nitrogens with zero attached hydrogens (tertiary/aromatic N) is 8. The number of anilines is 3. The van der Waals surface area contributed by atoms with Crippen molar-refractivity contribution in [3.05, 3.63) is 77.1 Å². The number of nitriles is 1. The van der Waals surface area contributed by atoms with Crippen molar-refractivity contribution >= 4 is 63.4 Å². The van der Waals surface area contributed by atoms with Crippen molar-refractivity contribution in [1.82, 2.24) is 29.6 Å². The Morgan fingerprint density at radius 3 is 2.49 bits per heavy atom. The number of pyridine rings is 1. The van der Waals surface area contributed by atoms with E-state index in [-0.39, 0.29) is 48.9 Å². The van der Waals surface area contributed by atoms with Gasteiger partial charge in [0.15, 0.2) is 0 Å². The normalized spacial score (nSPS) is 18.9. The predicted octanol–water partition coefficient (Wildman–Crippen LogP) is 6.34. The second kappa shape index (κ2) is 18.0. The Kier molecular flexibility index (Phi) is 12.6. The number of aromatic nitrogens is 2. The first kappa shape index (κ1) is 41.3. The Hall–Kier alpha value is -5.85. The van der Waals surface area contributed by atoms with Crippen LogP contribution in [0.4, 0.5) is 26.7 Å². The molecule has 310 valence electrons. The summed E-state index contributed by atoms with van der Waals surface area (Å²) in [4.78, 5) is 66.0. The van der Waals surface area contributed by atoms with Gasteiger partial charge in [-0.1, -0.05) is 11.6 Å². The number of rotatable bonds is 11. The van der Waals surface area contributed by atoms with Crippen LogP contribution < -0.4 is 25.2 Å². The van der Waals surface area contributed by atoms with E-state index in [1.54, 1.807) is 41.4 Å². The molecule has 0 spiro atoms. The van der Waals surface area contributed by atoms with Crippen molar-refractivity contribution in [3.8, 4) is 11.9 Å². The molecule has 59 heavy (non-hydrogen) atoms. The van der Waals surface area contributed by atoms with Gasteiger partial charge in [-0.2, -0.15) is 5.26 Å². The third kappa shape index (κ3) is 9.24. The monoisotopic (exact) mass is 822 g/mol. The summed E-state index contributed by atoms with van der Waals surface area (Å²) in [5.41, 5.74) is 3.98. The standard InChI is InChI=1S/C43H51ClN10O5/c1-28(2)51-14-11-35-37(51)21-32(22-38(35)52-15-12-39(55)48-43(52)58)41(56)50-18-16-49(17-19-50)13-5-6-20-59-40-10-8-33(25-46-40)47-42(57)54-27-29(3)53(26-30(54)4)34-9-7-31(24-45)36(44)23-34/h7-11,14,21-23,25,28-30H,5-6,12-13,15-20,26-27H2,1-4H3,(H,47,57)(H,48,55,58)/t29-,30+/m0/s1. The molecule has 2 aromatic heterocycles. The number of carbonyl (C=O) groups excluding carboxylic acids is 4. The van der Waals surface area contributed by atoms with E-state index in [1.165, 1.54) is 0 Å². The van der Waals surface area contributed by atoms with Gasteiger partial charge in [0.25, 0.3) is 5.91 Å². The highest BCUT2D eigenvalue weighted by Crippen LogP contribution is 2.33. The SMILES string of the molecule is CC(C)n1ccc2c(N3CCC(=O)NC3=O)cc(C(=O)N3CCN(CCCCOc4ccc(NC(=O)N5C[C@H](C)N(c6ccc(C#N)c(Cl)c6)C[C@H]5C)cn4)CC3)cc21. The van der Waals surface area contributed by atoms with Crippen LogP contribution in [0.1, 0.15) is 68.9 Å². The van der Waals surface area contributed by atoms with Gasteiger partial charge in [0.1, 0.15) is 6.07 Å². The van der Waals surface area contributed by atoms with Gasteiger partial charge in [-0.25, -0.2) is 14.6 Å². The highest BCUT2D eigenvalue weighted by atomic mass is 35.5. The van der Waals surface area contributed by atoms with E-state index < -0.39 is 6.03 Å². The van der Waals surface area contributed by atoms with Crippen LogP contribution >= 0.6 is 11.6 Å². The Bertz CT molecular complexity index is 2250. The molecule has 2 aromatic carbocycles. The molecule has 4 aromatic rings. The summed E-state index contributed by atoms with van der Waals surface area (Å²) in [7, 11) is 0. The summed E-state index contributed by atoms with van der Waals surface area (Å²) in [5.74, 6) is 0.120. The molecule has 5 heterocycles. The molecule has 2 atom stereocenters. The molecule has 0 aliphatic carbocycles. The zero-order valence-corrected chi connectivity index (χ0v) is 34.7. The van der Waals surface area contributed by atoms with Gasteiger partial charge in [-0.3, -0.25) is 24.7 Å². The summed E-state index contributed by atoms with van der Waals surface area (Å²) < 4.78 is 8.00. The molecule has 0 unspecified atom stereocenters. The van der Waals surface area contributed by atoms with Crippen LogP contribution in [0, 0.1) is 11.3 Å². The number of carbonyl (C=O) groups is 4. The summed E-state index contributed by atoms with van der Waals surface area (Å²) in [6.07, 6.45) is 5.55. The Morgan fingerprint density at radius 2 is 1.80 bits per heavy atom. The van der Waals surface area contributed by atoms with Crippen LogP contribution in [0.25, 0.3) is 10.9 Å². The van der Waals surface area contributed by atoms with E-state index >= 15 is 0 Å². The Morgan fingerprint density at radius 1 is 1.00 bits per heavy atom. The third-order valence-corrected chi connectivity index (χ3v) is 11.7. The summed E-state index contributed by atoms with van der Waals surface area (Å²) in [5, 5.41) is 15.9. The first-order valence-electron chi connectivity index (χ1n) is 20.3. The van der Waals surface area contributed by atoms with E-state index in [0.29, 0.717) is 66.2 Å². The zero-order chi connectivity index (χ0) is 41.8. The largest absolute Gasteiger partial charge is 0.478 e. The molecule has 15 nitrogen and oxygen atoms in total. The number of nitrogens with one attached hydrogen (secondary N) is 2. The minimum Gasteiger partial charge on any atom is -0.478 e. The van der Waals surface area contributed by atoms with E-state index in [2.05, 4.69) is 56.8 Å². The molecular formula is C43H51ClN10O5. The molecule has 3 aliphatic heterocycles. The summed E-state index contributed by atoms with van der Waals surface area (Å²) in [6, 6.07) is 16.2. The van der Waals surface area contributed by atoms with Crippen LogP contribution in [-0.2, 0) is 4.79 Å². The maximum absolute atomic E-state index is 13.9. The van der Waals surface area contributed by atoms with Gasteiger partial charge in [0, 0.05) is 99.3 Å². The quantitative estimate of drug-likeness (QED) is 0.165. The minimum atomic E-state index is -0.473. The van der Waals surface area contributed by atoms with Crippen molar-refractivity contribution in [3.63, 3.8) is 0 Å². The molecule has 3 saturated heterocycles. The van der Waals surface area contributed by atoms with Crippen LogP contribution in [-0.4, -0.2) is 119 Å². The lowest BCUT2D eigenvalue weighted by Gasteiger charge is -2.45. The van der Waals surface area contributed by atoms with E-state index in [4.69, 9.17) is 16.3 Å². The number of unbranched alkanes of at least 4 members (excludes halogenated alkanes) is 1. The van der Waals surface area contributed by atoms with Gasteiger partial charge in [-0.05, 0) is 89.5 Å². The number of halogens is 1. The lowest BCUT2D eigenvalue weighted by atomic mass is 10.1. The highest BCUT2D eigenvalue weighted by molar-refractivity contribution is 6.32. The topological polar surface area (TPSA) is 159 Å². The van der Waals surface area contributed by atoms with Gasteiger partial charge in [0.05, 0.1) is 40.3 Å². The first-order chi connectivity index (χ1) is 28.4. The number of fused-ring (bicyclic) bond motifs is 1. The average molecular weight is 823 g/mol. The third-order valence-electron chi connectivity index (χ3n) is 11.4. The van der Waals surface area contributed by atoms with Gasteiger partial charge >= 0.3 is 12.1 Å². The van der Waals surface area contributed by atoms with Crippen LogP contribution in [0.2, 0.25) is 5.02 Å². The molecule has 3 aliphatic rings. The number of amides is 6. The summed E-state index contributed by atoms with van der Waals surface area (Å²) >= 11 is 6.29. The fourth-order valence-corrected chi connectivity index (χ4v) is 8.30. The van der Waals surface area contributed by atoms with E-state index in [1.807, 2.05) is 41.1 Å². The Balaban J connectivity index is 0.839. The van der Waals surface area contributed by atoms with Gasteiger partial charge < -0.3 is 29.3 Å². The molecule has 16 heteroatoms. The molecule has 0 saturated carbocycles. The predicted molar refractivity (Wildman–Crippen MR) is 227 cm³/mol. The number of hydrogen-bond donors (Lipinski definition) is 2. The molecule has 2 N–H and O–H groups in total. The average Bonchev–Trinajstić information content (AvgIpc) is 3.66. The highest BCUT2D eigenvalue weighted by Gasteiger charge is 2.33. The van der Waals surface area contributed by atoms with Crippen molar-refractivity contribution in [2.45, 2.75) is 65.1 Å². The second-order valence-corrected chi connectivity index (χ2v) is 16.2. The van der Waals surface area contributed by atoms with Crippen LogP contribution in [0.3, 0.4) is 0 Å². The van der Waals surface area contributed by atoms with Crippen molar-refractivity contribution in [2.24, 2.45) is 0 Å². The lowest BCUT2D eigenvalue weighted by molar-refractivity contribution is -0.120. The number of urea groups is 2. The number of imide groups is 1. The minimum absolute atomic E-state index is 0.0426. The van der Waals surface area contributed by atoms with Crippen LogP contribution in [0.5, 0.6) is 5.88 Å². The molecule has 0 radical (unpaired) electrons. The number of ether oxygens (including phenoxy) is 1. The maximum Gasteiger partial charge on any atom is 0.328 e. The second-order valence-electron chi connectivity index (χ2n) is 15.8. The molecule has 7 rings (SSSR count). The fourth-order valence-electron chi connectivity index (χ4n) is 8.08. The molecule has 0 bridgehead atoms. The summed E-state index contributed by atoms with van der Waals surface area (Å²) in [6.45, 7) is 13.7. The van der Waals surface area contributed by atoms with Crippen LogP contribution in [0.15, 0.2) is 60.9 Å². The van der Waals surface area contributed by atoms with Gasteiger partial charge in [-0.15, -0.1) is 0 Å². The maximum atomic E-state index is 13.9. The van der Waals surface area contributed by atoms with Crippen molar-refractivity contribution in [2.75, 3.05) is 74.1 Å². The van der Waals surface area contributed by atoms with Crippen molar-refractivity contribution in [1.29, 1.82) is 5.26 Å².